The number of carbonyl (C=O) groups excluding carboxylic acids is 1. The summed E-state index contributed by atoms with van der Waals surface area (Å²) in [6, 6.07) is 6.04. The molecule has 142 valence electrons. The highest BCUT2D eigenvalue weighted by Gasteiger charge is 2.40. The Hall–Kier alpha value is -1.63. The summed E-state index contributed by atoms with van der Waals surface area (Å²) in [7, 11) is 0. The second-order valence-corrected chi connectivity index (χ2v) is 8.25. The van der Waals surface area contributed by atoms with Crippen molar-refractivity contribution < 1.29 is 19.4 Å². The molecule has 0 aromatic heterocycles. The van der Waals surface area contributed by atoms with Gasteiger partial charge in [0.15, 0.2) is 5.79 Å². The third-order valence-electron chi connectivity index (χ3n) is 5.98. The summed E-state index contributed by atoms with van der Waals surface area (Å²) in [4.78, 5) is 14.4. The Kier molecular flexibility index (Phi) is 4.45. The Balaban J connectivity index is 1.33. The van der Waals surface area contributed by atoms with Crippen molar-refractivity contribution >= 4 is 11.6 Å². The van der Waals surface area contributed by atoms with E-state index in [1.165, 1.54) is 5.56 Å². The van der Waals surface area contributed by atoms with Crippen LogP contribution in [0.15, 0.2) is 18.2 Å². The molecule has 0 bridgehead atoms. The van der Waals surface area contributed by atoms with Crippen LogP contribution in [0.1, 0.15) is 50.3 Å². The average molecular weight is 360 g/mol. The van der Waals surface area contributed by atoms with Crippen LogP contribution in [0, 0.1) is 0 Å². The SMILES string of the molecule is CC1(C)C[C@@H](O)c2cc(NCC(=O)N3CCC4(CC3)OCCO4)ccc21. The molecule has 6 nitrogen and oxygen atoms in total. The summed E-state index contributed by atoms with van der Waals surface area (Å²) in [6.45, 7) is 7.19. The third kappa shape index (κ3) is 3.21. The molecule has 3 aliphatic rings. The van der Waals surface area contributed by atoms with Crippen LogP contribution in [0.3, 0.4) is 0 Å². The van der Waals surface area contributed by atoms with Gasteiger partial charge in [0.25, 0.3) is 0 Å². The zero-order valence-corrected chi connectivity index (χ0v) is 15.6. The zero-order valence-electron chi connectivity index (χ0n) is 15.6. The minimum absolute atomic E-state index is 0.00274. The van der Waals surface area contributed by atoms with Crippen LogP contribution in [0.4, 0.5) is 5.69 Å². The second kappa shape index (κ2) is 6.51. The van der Waals surface area contributed by atoms with E-state index in [4.69, 9.17) is 9.47 Å². The Labute approximate surface area is 154 Å². The number of hydrogen-bond donors (Lipinski definition) is 2. The fourth-order valence-electron chi connectivity index (χ4n) is 4.44. The number of amides is 1. The van der Waals surface area contributed by atoms with Gasteiger partial charge in [0.2, 0.25) is 5.91 Å². The summed E-state index contributed by atoms with van der Waals surface area (Å²) in [5, 5.41) is 13.5. The number of nitrogens with one attached hydrogen (secondary N) is 1. The van der Waals surface area contributed by atoms with Crippen molar-refractivity contribution in [2.45, 2.75) is 50.4 Å². The van der Waals surface area contributed by atoms with E-state index in [0.29, 0.717) is 26.3 Å². The monoisotopic (exact) mass is 360 g/mol. The van der Waals surface area contributed by atoms with Gasteiger partial charge in [0.05, 0.1) is 25.9 Å². The minimum Gasteiger partial charge on any atom is -0.388 e. The number of likely N-dealkylation sites (tertiary alicyclic amines) is 1. The summed E-state index contributed by atoms with van der Waals surface area (Å²) < 4.78 is 11.4. The smallest absolute Gasteiger partial charge is 0.241 e. The molecule has 0 unspecified atom stereocenters. The van der Waals surface area contributed by atoms with E-state index in [0.717, 1.165) is 30.5 Å². The number of hydrogen-bond acceptors (Lipinski definition) is 5. The van der Waals surface area contributed by atoms with E-state index < -0.39 is 11.9 Å². The van der Waals surface area contributed by atoms with Crippen LogP contribution in [-0.2, 0) is 19.7 Å². The topological polar surface area (TPSA) is 71.0 Å². The number of carbonyl (C=O) groups is 1. The van der Waals surface area contributed by atoms with Gasteiger partial charge in [-0.05, 0) is 35.1 Å². The van der Waals surface area contributed by atoms with Gasteiger partial charge in [-0.3, -0.25) is 4.79 Å². The molecule has 26 heavy (non-hydrogen) atoms. The van der Waals surface area contributed by atoms with E-state index >= 15 is 0 Å². The Morgan fingerprint density at radius 2 is 1.96 bits per heavy atom. The quantitative estimate of drug-likeness (QED) is 0.865. The van der Waals surface area contributed by atoms with Crippen molar-refractivity contribution in [1.29, 1.82) is 0 Å². The molecule has 2 saturated heterocycles. The molecule has 2 aliphatic heterocycles. The molecule has 1 amide bonds. The van der Waals surface area contributed by atoms with Gasteiger partial charge in [0, 0.05) is 31.6 Å². The van der Waals surface area contributed by atoms with Gasteiger partial charge in [-0.1, -0.05) is 19.9 Å². The molecular formula is C20H28N2O4. The number of nitrogens with zero attached hydrogens (tertiary/aromatic N) is 1. The maximum absolute atomic E-state index is 12.5. The molecule has 1 aliphatic carbocycles. The van der Waals surface area contributed by atoms with Crippen molar-refractivity contribution in [2.75, 3.05) is 38.2 Å². The molecule has 2 heterocycles. The van der Waals surface area contributed by atoms with Crippen LogP contribution in [0.2, 0.25) is 0 Å². The molecule has 0 saturated carbocycles. The molecule has 6 heteroatoms. The van der Waals surface area contributed by atoms with E-state index in [9.17, 15) is 9.90 Å². The summed E-state index contributed by atoms with van der Waals surface area (Å²) in [5.74, 6) is -0.369. The third-order valence-corrected chi connectivity index (χ3v) is 5.98. The first-order valence-electron chi connectivity index (χ1n) is 9.51. The Morgan fingerprint density at radius 1 is 1.27 bits per heavy atom. The van der Waals surface area contributed by atoms with Crippen LogP contribution in [0.25, 0.3) is 0 Å². The highest BCUT2D eigenvalue weighted by Crippen LogP contribution is 2.45. The zero-order chi connectivity index (χ0) is 18.4. The summed E-state index contributed by atoms with van der Waals surface area (Å²) in [5.41, 5.74) is 3.05. The lowest BCUT2D eigenvalue weighted by Gasteiger charge is -2.37. The van der Waals surface area contributed by atoms with Crippen LogP contribution in [0.5, 0.6) is 0 Å². The molecule has 1 atom stereocenters. The molecule has 2 N–H and O–H groups in total. The summed E-state index contributed by atoms with van der Waals surface area (Å²) in [6.07, 6.45) is 1.78. The van der Waals surface area contributed by atoms with Gasteiger partial charge in [-0.2, -0.15) is 0 Å². The summed E-state index contributed by atoms with van der Waals surface area (Å²) >= 11 is 0. The first-order valence-corrected chi connectivity index (χ1v) is 9.51. The van der Waals surface area contributed by atoms with E-state index in [-0.39, 0.29) is 17.9 Å². The lowest BCUT2D eigenvalue weighted by molar-refractivity contribution is -0.187. The predicted octanol–water partition coefficient (Wildman–Crippen LogP) is 2.18. The van der Waals surface area contributed by atoms with Gasteiger partial charge in [-0.15, -0.1) is 0 Å². The van der Waals surface area contributed by atoms with Gasteiger partial charge in [-0.25, -0.2) is 0 Å². The lowest BCUT2D eigenvalue weighted by atomic mass is 9.86. The lowest BCUT2D eigenvalue weighted by Crippen LogP contribution is -2.48. The van der Waals surface area contributed by atoms with Gasteiger partial charge >= 0.3 is 0 Å². The van der Waals surface area contributed by atoms with Crippen LogP contribution in [-0.4, -0.2) is 54.5 Å². The van der Waals surface area contributed by atoms with Crippen molar-refractivity contribution in [2.24, 2.45) is 0 Å². The second-order valence-electron chi connectivity index (χ2n) is 8.25. The van der Waals surface area contributed by atoms with Crippen LogP contribution < -0.4 is 5.32 Å². The van der Waals surface area contributed by atoms with Crippen molar-refractivity contribution in [3.05, 3.63) is 29.3 Å². The highest BCUT2D eigenvalue weighted by atomic mass is 16.7. The number of anilines is 1. The molecule has 1 aromatic carbocycles. The normalized spacial score (nSPS) is 26.1. The number of aliphatic hydroxyl groups excluding tert-OH is 1. The predicted molar refractivity (Wildman–Crippen MR) is 98.0 cm³/mol. The fraction of sp³-hybridized carbons (Fsp3) is 0.650. The fourth-order valence-corrected chi connectivity index (χ4v) is 4.44. The number of ether oxygens (including phenoxy) is 2. The standard InChI is InChI=1S/C20H28N2O4/c1-19(2)12-17(23)15-11-14(3-4-16(15)19)21-13-18(24)22-7-5-20(6-8-22)25-9-10-26-20/h3-4,11,17,21,23H,5-10,12-13H2,1-2H3/t17-/m1/s1. The molecule has 4 rings (SSSR count). The van der Waals surface area contributed by atoms with Gasteiger partial charge in [0.1, 0.15) is 0 Å². The van der Waals surface area contributed by atoms with Gasteiger partial charge < -0.3 is 24.8 Å². The highest BCUT2D eigenvalue weighted by molar-refractivity contribution is 5.81. The largest absolute Gasteiger partial charge is 0.388 e. The number of piperidine rings is 1. The molecule has 1 aromatic rings. The maximum atomic E-state index is 12.5. The van der Waals surface area contributed by atoms with Crippen molar-refractivity contribution in [3.63, 3.8) is 0 Å². The number of rotatable bonds is 3. The number of aliphatic hydroxyl groups is 1. The molecule has 2 fully saturated rings. The number of fused-ring (bicyclic) bond motifs is 1. The molecular weight excluding hydrogens is 332 g/mol. The van der Waals surface area contributed by atoms with Crippen molar-refractivity contribution in [1.82, 2.24) is 4.90 Å². The maximum Gasteiger partial charge on any atom is 0.241 e. The van der Waals surface area contributed by atoms with Crippen LogP contribution >= 0.6 is 0 Å². The average Bonchev–Trinajstić information content (AvgIpc) is 3.16. The number of benzene rings is 1. The van der Waals surface area contributed by atoms with E-state index in [1.807, 2.05) is 17.0 Å². The Bertz CT molecular complexity index is 687. The van der Waals surface area contributed by atoms with E-state index in [2.05, 4.69) is 25.2 Å². The molecule has 1 spiro atoms. The van der Waals surface area contributed by atoms with Crippen molar-refractivity contribution in [3.8, 4) is 0 Å². The molecule has 0 radical (unpaired) electrons. The first kappa shape index (κ1) is 17.8. The van der Waals surface area contributed by atoms with E-state index in [1.54, 1.807) is 0 Å². The minimum atomic E-state index is -0.451. The first-order chi connectivity index (χ1) is 12.4. The Morgan fingerprint density at radius 3 is 2.65 bits per heavy atom.